The Hall–Kier alpha value is -5.28. The molecule has 62 heavy (non-hydrogen) atoms. The fraction of sp³-hybridized carbons (Fsp3) is 0.472. The Labute approximate surface area is 364 Å². The molecular formula is C53H58N2O7. The number of hydrogen-bond donors (Lipinski definition) is 1. The molecule has 0 radical (unpaired) electrons. The number of aliphatic hydroxyl groups excluding tert-OH is 1. The van der Waals surface area contributed by atoms with E-state index in [-0.39, 0.29) is 46.5 Å². The van der Waals surface area contributed by atoms with Gasteiger partial charge in [0.15, 0.2) is 0 Å². The monoisotopic (exact) mass is 834 g/mol. The van der Waals surface area contributed by atoms with E-state index in [1.54, 1.807) is 48.5 Å². The number of amides is 4. The van der Waals surface area contributed by atoms with Crippen LogP contribution in [0, 0.1) is 34.5 Å². The summed E-state index contributed by atoms with van der Waals surface area (Å²) in [5, 5.41) is 11.9. The second kappa shape index (κ2) is 16.1. The minimum Gasteiger partial charge on any atom is -0.494 e. The molecule has 4 fully saturated rings. The first-order valence-corrected chi connectivity index (χ1v) is 23.1. The van der Waals surface area contributed by atoms with E-state index >= 15 is 0 Å². The van der Waals surface area contributed by atoms with E-state index in [2.05, 4.69) is 50.2 Å². The molecule has 9 heteroatoms. The molecule has 9 atom stereocenters. The van der Waals surface area contributed by atoms with Gasteiger partial charge in [-0.1, -0.05) is 62.4 Å². The van der Waals surface area contributed by atoms with Gasteiger partial charge in [0, 0.05) is 19.0 Å². The fourth-order valence-electron chi connectivity index (χ4n) is 13.5. The van der Waals surface area contributed by atoms with Gasteiger partial charge in [0.2, 0.25) is 0 Å². The van der Waals surface area contributed by atoms with Crippen molar-refractivity contribution in [1.82, 2.24) is 9.80 Å². The van der Waals surface area contributed by atoms with Crippen molar-refractivity contribution in [2.24, 2.45) is 34.5 Å². The summed E-state index contributed by atoms with van der Waals surface area (Å²) in [6, 6.07) is 30.9. The molecule has 322 valence electrons. The Morgan fingerprint density at radius 1 is 0.581 bits per heavy atom. The second-order valence-corrected chi connectivity index (χ2v) is 19.6. The predicted octanol–water partition coefficient (Wildman–Crippen LogP) is 9.70. The zero-order valence-corrected chi connectivity index (χ0v) is 36.0. The van der Waals surface area contributed by atoms with Gasteiger partial charge in [-0.2, -0.15) is 0 Å². The maximum Gasteiger partial charge on any atom is 0.261 e. The number of imide groups is 2. The minimum absolute atomic E-state index is 0.112. The zero-order valence-electron chi connectivity index (χ0n) is 36.0. The van der Waals surface area contributed by atoms with Crippen LogP contribution in [0.3, 0.4) is 0 Å². The molecule has 10 rings (SSSR count). The predicted molar refractivity (Wildman–Crippen MR) is 235 cm³/mol. The van der Waals surface area contributed by atoms with E-state index in [0.29, 0.717) is 91.0 Å². The van der Waals surface area contributed by atoms with Crippen LogP contribution in [0.2, 0.25) is 0 Å². The van der Waals surface area contributed by atoms with E-state index in [0.717, 1.165) is 24.3 Å². The van der Waals surface area contributed by atoms with Crippen molar-refractivity contribution >= 4 is 23.6 Å². The molecule has 0 saturated heterocycles. The quantitative estimate of drug-likeness (QED) is 0.112. The summed E-state index contributed by atoms with van der Waals surface area (Å²) in [5.74, 6) is 3.91. The van der Waals surface area contributed by atoms with Crippen LogP contribution < -0.4 is 9.47 Å². The lowest BCUT2D eigenvalue weighted by Crippen LogP contribution is -2.55. The van der Waals surface area contributed by atoms with Crippen molar-refractivity contribution in [2.45, 2.75) is 96.0 Å². The highest BCUT2D eigenvalue weighted by Crippen LogP contribution is 2.69. The summed E-state index contributed by atoms with van der Waals surface area (Å²) in [6.07, 6.45) is 10.1. The molecule has 4 amide bonds. The first kappa shape index (κ1) is 40.8. The van der Waals surface area contributed by atoms with E-state index < -0.39 is 0 Å². The van der Waals surface area contributed by atoms with Crippen molar-refractivity contribution in [3.63, 3.8) is 0 Å². The molecule has 4 unspecified atom stereocenters. The summed E-state index contributed by atoms with van der Waals surface area (Å²) in [5.41, 5.74) is 4.88. The van der Waals surface area contributed by atoms with Crippen LogP contribution in [-0.2, 0) is 0 Å². The highest BCUT2D eigenvalue weighted by Gasteiger charge is 2.61. The van der Waals surface area contributed by atoms with Crippen LogP contribution in [0.15, 0.2) is 97.1 Å². The average Bonchev–Trinajstić information content (AvgIpc) is 3.85. The summed E-state index contributed by atoms with van der Waals surface area (Å²) < 4.78 is 12.1. The van der Waals surface area contributed by atoms with Gasteiger partial charge < -0.3 is 14.6 Å². The minimum atomic E-state index is -0.380. The van der Waals surface area contributed by atoms with Crippen LogP contribution in [0.4, 0.5) is 0 Å². The Morgan fingerprint density at radius 2 is 1.06 bits per heavy atom. The van der Waals surface area contributed by atoms with Gasteiger partial charge >= 0.3 is 0 Å². The summed E-state index contributed by atoms with van der Waals surface area (Å²) in [7, 11) is 0. The van der Waals surface area contributed by atoms with E-state index in [1.165, 1.54) is 59.5 Å². The number of benzene rings is 4. The Morgan fingerprint density at radius 3 is 1.58 bits per heavy atom. The van der Waals surface area contributed by atoms with Crippen LogP contribution in [0.5, 0.6) is 11.5 Å². The van der Waals surface area contributed by atoms with Gasteiger partial charge in [0.25, 0.3) is 23.6 Å². The smallest absolute Gasteiger partial charge is 0.261 e. The molecule has 0 aromatic heterocycles. The number of hydrogen-bond acceptors (Lipinski definition) is 7. The lowest BCUT2D eigenvalue weighted by atomic mass is 9.43. The van der Waals surface area contributed by atoms with Gasteiger partial charge in [-0.25, -0.2) is 0 Å². The summed E-state index contributed by atoms with van der Waals surface area (Å²) in [4.78, 5) is 53.5. The highest BCUT2D eigenvalue weighted by molar-refractivity contribution is 6.22. The number of carbonyl (C=O) groups excluding carboxylic acids is 4. The maximum atomic E-state index is 12.7. The van der Waals surface area contributed by atoms with E-state index in [9.17, 15) is 24.3 Å². The zero-order chi connectivity index (χ0) is 42.8. The highest BCUT2D eigenvalue weighted by atomic mass is 16.5. The molecule has 4 saturated carbocycles. The molecule has 0 spiro atoms. The topological polar surface area (TPSA) is 113 Å². The van der Waals surface area contributed by atoms with Crippen LogP contribution >= 0.6 is 0 Å². The molecule has 1 N–H and O–H groups in total. The number of fused-ring (bicyclic) bond motifs is 7. The molecule has 2 aliphatic heterocycles. The fourth-order valence-corrected chi connectivity index (χ4v) is 13.5. The van der Waals surface area contributed by atoms with E-state index in [4.69, 9.17) is 9.47 Å². The van der Waals surface area contributed by atoms with Gasteiger partial charge in [0.05, 0.1) is 41.6 Å². The normalized spacial score (nSPS) is 31.0. The van der Waals surface area contributed by atoms with Crippen molar-refractivity contribution in [1.29, 1.82) is 0 Å². The largest absolute Gasteiger partial charge is 0.494 e. The Kier molecular flexibility index (Phi) is 10.6. The van der Waals surface area contributed by atoms with Crippen molar-refractivity contribution < 1.29 is 33.8 Å². The summed E-state index contributed by atoms with van der Waals surface area (Å²) >= 11 is 0. The molecule has 0 bridgehead atoms. The third-order valence-electron chi connectivity index (χ3n) is 16.7. The lowest BCUT2D eigenvalue weighted by molar-refractivity contribution is -0.132. The second-order valence-electron chi connectivity index (χ2n) is 19.6. The average molecular weight is 835 g/mol. The number of nitrogens with zero attached hydrogens (tertiary/aromatic N) is 2. The number of aliphatic hydroxyl groups is 1. The van der Waals surface area contributed by atoms with Crippen molar-refractivity contribution in [3.8, 4) is 11.5 Å². The third-order valence-corrected chi connectivity index (χ3v) is 16.7. The van der Waals surface area contributed by atoms with Gasteiger partial charge in [0.1, 0.15) is 11.5 Å². The van der Waals surface area contributed by atoms with Crippen LogP contribution in [-0.4, -0.2) is 70.9 Å². The third kappa shape index (κ3) is 6.86. The van der Waals surface area contributed by atoms with E-state index in [1.807, 2.05) is 12.1 Å². The maximum absolute atomic E-state index is 12.7. The van der Waals surface area contributed by atoms with Crippen LogP contribution in [0.1, 0.15) is 142 Å². The SMILES string of the molecule is C[C@]12CC(O)C(c3ccc(OCCCN4C(=O)c5ccccc5C4=O)cc3)CC1CC[C@@H]1[C@H]2CC[C@]2(C)C(c3ccc(OCCCN4C(=O)c5ccccc5C4=O)cc3)CC[C@@H]12. The Balaban J connectivity index is 0.709. The number of ether oxygens (including phenoxy) is 2. The lowest BCUT2D eigenvalue weighted by Gasteiger charge is -2.62. The molecule has 4 aliphatic carbocycles. The van der Waals surface area contributed by atoms with Gasteiger partial charge in [-0.15, -0.1) is 0 Å². The molecule has 6 aliphatic rings. The summed E-state index contributed by atoms with van der Waals surface area (Å²) in [6.45, 7) is 6.57. The van der Waals surface area contributed by atoms with Crippen LogP contribution in [0.25, 0.3) is 0 Å². The Bertz CT molecular complexity index is 2310. The molecular weight excluding hydrogens is 777 g/mol. The van der Waals surface area contributed by atoms with Crippen molar-refractivity contribution in [3.05, 3.63) is 130 Å². The molecule has 9 nitrogen and oxygen atoms in total. The number of rotatable bonds is 12. The molecule has 2 heterocycles. The van der Waals surface area contributed by atoms with Gasteiger partial charge in [-0.05, 0) is 164 Å². The van der Waals surface area contributed by atoms with Crippen molar-refractivity contribution in [2.75, 3.05) is 26.3 Å². The molecule has 4 aromatic carbocycles. The standard InChI is InChI=1S/C53H58N2O7/c1-52-26-25-46-42(45(52)24-23-44(52)34-15-20-37(21-16-34)62-30-8-28-55-50(59)40-11-5-6-12-41(40)51(55)60)22-17-35-31-43(47(56)32-53(35,46)2)33-13-18-36(19-14-33)61-29-7-27-54-48(57)38-9-3-4-10-39(38)49(54)58/h3-6,9-16,18-21,35,42-47,56H,7-8,17,22-32H2,1-2H3/t35?,42-,43?,44?,45-,46+,47?,52+,53-/m0/s1. The first-order valence-electron chi connectivity index (χ1n) is 23.1. The number of carbonyl (C=O) groups is 4. The van der Waals surface area contributed by atoms with Gasteiger partial charge in [-0.3, -0.25) is 29.0 Å². The molecule has 4 aromatic rings. The first-order chi connectivity index (χ1) is 30.0.